The van der Waals surface area contributed by atoms with E-state index in [4.69, 9.17) is 5.73 Å². The number of aryl methyl sites for hydroxylation is 1. The van der Waals surface area contributed by atoms with E-state index in [1.54, 1.807) is 0 Å². The second kappa shape index (κ2) is 2.10. The molecule has 1 unspecified atom stereocenters. The zero-order chi connectivity index (χ0) is 6.97. The Kier molecular flexibility index (Phi) is 1.24. The Hall–Kier alpha value is -0.820. The van der Waals surface area contributed by atoms with Crippen LogP contribution in [0.2, 0.25) is 0 Å². The first-order valence-electron chi connectivity index (χ1n) is 3.62. The number of nitrogens with two attached hydrogens (primary N) is 1. The van der Waals surface area contributed by atoms with Crippen LogP contribution in [0, 0.1) is 6.07 Å². The van der Waals surface area contributed by atoms with E-state index in [0.717, 1.165) is 12.8 Å². The van der Waals surface area contributed by atoms with Gasteiger partial charge in [-0.1, -0.05) is 18.2 Å². The van der Waals surface area contributed by atoms with Crippen LogP contribution >= 0.6 is 0 Å². The summed E-state index contributed by atoms with van der Waals surface area (Å²) >= 11 is 0. The summed E-state index contributed by atoms with van der Waals surface area (Å²) in [6.45, 7) is 0. The highest BCUT2D eigenvalue weighted by atomic mass is 14.6. The maximum atomic E-state index is 5.83. The molecule has 0 aromatic heterocycles. The fourth-order valence-corrected chi connectivity index (χ4v) is 1.52. The van der Waals surface area contributed by atoms with E-state index in [0.29, 0.717) is 0 Å². The number of fused-ring (bicyclic) bond motifs is 1. The van der Waals surface area contributed by atoms with E-state index in [9.17, 15) is 0 Å². The Labute approximate surface area is 60.9 Å². The van der Waals surface area contributed by atoms with Gasteiger partial charge in [0.15, 0.2) is 0 Å². The van der Waals surface area contributed by atoms with Crippen molar-refractivity contribution in [1.29, 1.82) is 0 Å². The van der Waals surface area contributed by atoms with Crippen LogP contribution in [0.25, 0.3) is 0 Å². The van der Waals surface area contributed by atoms with Crippen molar-refractivity contribution in [2.45, 2.75) is 18.9 Å². The van der Waals surface area contributed by atoms with Gasteiger partial charge in [0.1, 0.15) is 0 Å². The molecule has 0 bridgehead atoms. The normalized spacial score (nSPS) is 22.7. The first kappa shape index (κ1) is 5.93. The summed E-state index contributed by atoms with van der Waals surface area (Å²) < 4.78 is 0. The highest BCUT2D eigenvalue weighted by Crippen LogP contribution is 2.27. The highest BCUT2D eigenvalue weighted by molar-refractivity contribution is 5.33. The third-order valence-corrected chi connectivity index (χ3v) is 2.11. The SMILES string of the molecule is NC1CCc2c[c]ccc21. The quantitative estimate of drug-likeness (QED) is 0.567. The standard InChI is InChI=1S/C9H10N/c10-9-6-5-7-3-1-2-4-8(7)9/h2-4,9H,5-6,10H2. The molecule has 0 heterocycles. The van der Waals surface area contributed by atoms with E-state index in [1.807, 2.05) is 12.1 Å². The summed E-state index contributed by atoms with van der Waals surface area (Å²) in [7, 11) is 0. The smallest absolute Gasteiger partial charge is 0.0300 e. The lowest BCUT2D eigenvalue weighted by atomic mass is 10.1. The molecule has 2 N–H and O–H groups in total. The van der Waals surface area contributed by atoms with Crippen molar-refractivity contribution in [2.75, 3.05) is 0 Å². The van der Waals surface area contributed by atoms with Crippen LogP contribution < -0.4 is 5.73 Å². The molecule has 1 aromatic carbocycles. The van der Waals surface area contributed by atoms with E-state index < -0.39 is 0 Å². The summed E-state index contributed by atoms with van der Waals surface area (Å²) in [5, 5.41) is 0. The van der Waals surface area contributed by atoms with Crippen LogP contribution in [-0.2, 0) is 6.42 Å². The molecule has 2 rings (SSSR count). The molecule has 0 saturated carbocycles. The fraction of sp³-hybridized carbons (Fsp3) is 0.333. The predicted octanol–water partition coefficient (Wildman–Crippen LogP) is 1.43. The van der Waals surface area contributed by atoms with E-state index in [2.05, 4.69) is 12.1 Å². The van der Waals surface area contributed by atoms with Gasteiger partial charge in [0, 0.05) is 6.04 Å². The molecule has 1 aliphatic carbocycles. The van der Waals surface area contributed by atoms with E-state index in [1.165, 1.54) is 11.1 Å². The molecule has 1 radical (unpaired) electrons. The maximum Gasteiger partial charge on any atom is 0.0300 e. The largest absolute Gasteiger partial charge is 0.324 e. The first-order valence-corrected chi connectivity index (χ1v) is 3.62. The molecule has 0 amide bonds. The van der Waals surface area contributed by atoms with Gasteiger partial charge in [-0.15, -0.1) is 0 Å². The van der Waals surface area contributed by atoms with Gasteiger partial charge in [-0.3, -0.25) is 0 Å². The van der Waals surface area contributed by atoms with Gasteiger partial charge in [0.2, 0.25) is 0 Å². The lowest BCUT2D eigenvalue weighted by Crippen LogP contribution is -2.04. The molecule has 1 nitrogen and oxygen atoms in total. The average molecular weight is 132 g/mol. The Balaban J connectivity index is 2.51. The van der Waals surface area contributed by atoms with Crippen molar-refractivity contribution in [3.8, 4) is 0 Å². The molecule has 51 valence electrons. The molecule has 1 aliphatic rings. The summed E-state index contributed by atoms with van der Waals surface area (Å²) in [5.41, 5.74) is 8.54. The Morgan fingerprint density at radius 2 is 2.50 bits per heavy atom. The number of rotatable bonds is 0. The molecule has 1 atom stereocenters. The molecule has 10 heavy (non-hydrogen) atoms. The highest BCUT2D eigenvalue weighted by Gasteiger charge is 2.16. The van der Waals surface area contributed by atoms with Crippen LogP contribution in [-0.4, -0.2) is 0 Å². The van der Waals surface area contributed by atoms with E-state index >= 15 is 0 Å². The number of hydrogen-bond donors (Lipinski definition) is 1. The summed E-state index contributed by atoms with van der Waals surface area (Å²) in [5.74, 6) is 0. The van der Waals surface area contributed by atoms with Crippen molar-refractivity contribution in [1.82, 2.24) is 0 Å². The van der Waals surface area contributed by atoms with Gasteiger partial charge in [0.05, 0.1) is 0 Å². The van der Waals surface area contributed by atoms with Crippen molar-refractivity contribution in [3.63, 3.8) is 0 Å². The zero-order valence-electron chi connectivity index (χ0n) is 5.80. The average Bonchev–Trinajstić information content (AvgIpc) is 2.34. The third kappa shape index (κ3) is 0.745. The Bertz CT molecular complexity index is 242. The monoisotopic (exact) mass is 132 g/mol. The van der Waals surface area contributed by atoms with Gasteiger partial charge in [-0.05, 0) is 30.0 Å². The molecular formula is C9H10N. The lowest BCUT2D eigenvalue weighted by Gasteiger charge is -2.01. The van der Waals surface area contributed by atoms with E-state index in [-0.39, 0.29) is 6.04 Å². The lowest BCUT2D eigenvalue weighted by molar-refractivity contribution is 0.713. The second-order valence-electron chi connectivity index (χ2n) is 2.77. The number of hydrogen-bond acceptors (Lipinski definition) is 1. The second-order valence-corrected chi connectivity index (χ2v) is 2.77. The Morgan fingerprint density at radius 1 is 1.60 bits per heavy atom. The molecule has 0 fully saturated rings. The molecule has 1 heteroatoms. The van der Waals surface area contributed by atoms with Crippen molar-refractivity contribution < 1.29 is 0 Å². The summed E-state index contributed by atoms with van der Waals surface area (Å²) in [6.07, 6.45) is 2.24. The molecular weight excluding hydrogens is 122 g/mol. The third-order valence-electron chi connectivity index (χ3n) is 2.11. The van der Waals surface area contributed by atoms with Crippen molar-refractivity contribution in [3.05, 3.63) is 35.4 Å². The topological polar surface area (TPSA) is 26.0 Å². The van der Waals surface area contributed by atoms with Crippen LogP contribution in [0.3, 0.4) is 0 Å². The van der Waals surface area contributed by atoms with Crippen molar-refractivity contribution >= 4 is 0 Å². The van der Waals surface area contributed by atoms with Crippen molar-refractivity contribution in [2.24, 2.45) is 5.73 Å². The van der Waals surface area contributed by atoms with Crippen LogP contribution in [0.1, 0.15) is 23.6 Å². The van der Waals surface area contributed by atoms with Gasteiger partial charge < -0.3 is 5.73 Å². The molecule has 0 aliphatic heterocycles. The van der Waals surface area contributed by atoms with Gasteiger partial charge in [-0.25, -0.2) is 0 Å². The van der Waals surface area contributed by atoms with Crippen LogP contribution in [0.4, 0.5) is 0 Å². The minimum absolute atomic E-state index is 0.282. The number of benzene rings is 1. The minimum atomic E-state index is 0.282. The van der Waals surface area contributed by atoms with Gasteiger partial charge in [0.25, 0.3) is 0 Å². The van der Waals surface area contributed by atoms with Crippen LogP contribution in [0.15, 0.2) is 18.2 Å². The van der Waals surface area contributed by atoms with Gasteiger partial charge in [-0.2, -0.15) is 0 Å². The molecule has 0 saturated heterocycles. The first-order chi connectivity index (χ1) is 4.88. The zero-order valence-corrected chi connectivity index (χ0v) is 5.80. The molecule has 1 aromatic rings. The molecule has 0 spiro atoms. The van der Waals surface area contributed by atoms with Gasteiger partial charge >= 0.3 is 0 Å². The van der Waals surface area contributed by atoms with Crippen LogP contribution in [0.5, 0.6) is 0 Å². The minimum Gasteiger partial charge on any atom is -0.324 e. The summed E-state index contributed by atoms with van der Waals surface area (Å²) in [6, 6.07) is 9.39. The summed E-state index contributed by atoms with van der Waals surface area (Å²) in [4.78, 5) is 0. The maximum absolute atomic E-state index is 5.83. The Morgan fingerprint density at radius 3 is 3.30 bits per heavy atom. The fourth-order valence-electron chi connectivity index (χ4n) is 1.52. The predicted molar refractivity (Wildman–Crippen MR) is 40.5 cm³/mol.